The number of alkyl halides is 3. The maximum atomic E-state index is 12.1. The summed E-state index contributed by atoms with van der Waals surface area (Å²) in [6.45, 7) is 0. The largest absolute Gasteiger partial charge is 0.504 e. The molecule has 1 rings (SSSR count). The molecule has 6 heteroatoms. The minimum Gasteiger partial charge on any atom is -0.504 e. The van der Waals surface area contributed by atoms with Crippen molar-refractivity contribution < 1.29 is 23.4 Å². The Hall–Kier alpha value is -1.10. The quantitative estimate of drug-likeness (QED) is 0.649. The molecule has 72 valence electrons. The van der Waals surface area contributed by atoms with E-state index >= 15 is 0 Å². The summed E-state index contributed by atoms with van der Waals surface area (Å²) in [5, 5.41) is 17.3. The normalized spacial score (nSPS) is 11.7. The third kappa shape index (κ3) is 1.98. The van der Waals surface area contributed by atoms with Gasteiger partial charge in [0.2, 0.25) is 0 Å². The van der Waals surface area contributed by atoms with Gasteiger partial charge in [-0.25, -0.2) is 0 Å². The summed E-state index contributed by atoms with van der Waals surface area (Å²) in [7, 11) is 0. The van der Waals surface area contributed by atoms with Crippen LogP contribution in [0.3, 0.4) is 0 Å². The zero-order valence-corrected chi connectivity index (χ0v) is 6.82. The number of phenolic OH excluding ortho intramolecular Hbond substituents is 2. The lowest BCUT2D eigenvalue weighted by Crippen LogP contribution is -2.05. The number of phenols is 2. The Kier molecular flexibility index (Phi) is 2.30. The number of halogens is 4. The Morgan fingerprint density at radius 3 is 2.15 bits per heavy atom. The van der Waals surface area contributed by atoms with E-state index < -0.39 is 23.2 Å². The van der Waals surface area contributed by atoms with Crippen molar-refractivity contribution in [3.63, 3.8) is 0 Å². The van der Waals surface area contributed by atoms with Crippen molar-refractivity contribution >= 4 is 11.6 Å². The third-order valence-electron chi connectivity index (χ3n) is 1.36. The van der Waals surface area contributed by atoms with Crippen LogP contribution >= 0.6 is 11.6 Å². The zero-order valence-electron chi connectivity index (χ0n) is 6.06. The summed E-state index contributed by atoms with van der Waals surface area (Å²) in [5.41, 5.74) is -1.35. The van der Waals surface area contributed by atoms with Crippen LogP contribution in [0.4, 0.5) is 13.2 Å². The molecule has 0 spiro atoms. The van der Waals surface area contributed by atoms with Crippen LogP contribution in [0.5, 0.6) is 11.5 Å². The Bertz CT molecular complexity index is 335. The van der Waals surface area contributed by atoms with Crippen molar-refractivity contribution in [2.24, 2.45) is 0 Å². The van der Waals surface area contributed by atoms with Gasteiger partial charge in [-0.1, -0.05) is 11.6 Å². The maximum absolute atomic E-state index is 12.1. The Morgan fingerprint density at radius 2 is 1.69 bits per heavy atom. The number of benzene rings is 1. The third-order valence-corrected chi connectivity index (χ3v) is 1.58. The van der Waals surface area contributed by atoms with Crippen molar-refractivity contribution in [1.82, 2.24) is 0 Å². The van der Waals surface area contributed by atoms with E-state index in [1.54, 1.807) is 0 Å². The van der Waals surface area contributed by atoms with Gasteiger partial charge in [0.1, 0.15) is 5.56 Å². The molecule has 0 aliphatic rings. The van der Waals surface area contributed by atoms with Gasteiger partial charge in [0.05, 0.1) is 0 Å². The van der Waals surface area contributed by atoms with Crippen molar-refractivity contribution in [1.29, 1.82) is 0 Å². The van der Waals surface area contributed by atoms with E-state index in [-0.39, 0.29) is 5.02 Å². The van der Waals surface area contributed by atoms with Crippen LogP contribution in [0.2, 0.25) is 5.02 Å². The molecule has 2 N–H and O–H groups in total. The fourth-order valence-electron chi connectivity index (χ4n) is 0.801. The average Bonchev–Trinajstić information content (AvgIpc) is 1.94. The first-order valence-electron chi connectivity index (χ1n) is 3.11. The predicted octanol–water partition coefficient (Wildman–Crippen LogP) is 2.77. The second-order valence-electron chi connectivity index (χ2n) is 2.32. The lowest BCUT2D eigenvalue weighted by Gasteiger charge is -2.09. The highest BCUT2D eigenvalue weighted by atomic mass is 35.5. The van der Waals surface area contributed by atoms with Gasteiger partial charge >= 0.3 is 6.18 Å². The summed E-state index contributed by atoms with van der Waals surface area (Å²) in [6.07, 6.45) is -4.73. The fourth-order valence-corrected chi connectivity index (χ4v) is 1.01. The maximum Gasteiger partial charge on any atom is 0.420 e. The number of hydrogen-bond acceptors (Lipinski definition) is 2. The highest BCUT2D eigenvalue weighted by Gasteiger charge is 2.35. The number of rotatable bonds is 0. The molecule has 0 heterocycles. The van der Waals surface area contributed by atoms with Gasteiger partial charge in [-0.3, -0.25) is 0 Å². The smallest absolute Gasteiger partial charge is 0.420 e. The molecule has 0 aliphatic carbocycles. The van der Waals surface area contributed by atoms with E-state index in [4.69, 9.17) is 21.8 Å². The van der Waals surface area contributed by atoms with Crippen molar-refractivity contribution in [2.75, 3.05) is 0 Å². The van der Waals surface area contributed by atoms with Gasteiger partial charge in [-0.05, 0) is 6.07 Å². The summed E-state index contributed by atoms with van der Waals surface area (Å²) < 4.78 is 36.2. The van der Waals surface area contributed by atoms with Crippen molar-refractivity contribution in [3.05, 3.63) is 22.7 Å². The van der Waals surface area contributed by atoms with Crippen LogP contribution in [-0.4, -0.2) is 10.2 Å². The Morgan fingerprint density at radius 1 is 1.15 bits per heavy atom. The molecule has 1 aromatic carbocycles. The highest BCUT2D eigenvalue weighted by molar-refractivity contribution is 6.30. The van der Waals surface area contributed by atoms with Gasteiger partial charge < -0.3 is 10.2 Å². The molecule has 0 saturated carbocycles. The molecular formula is C7H4ClF3O2. The van der Waals surface area contributed by atoms with Crippen LogP contribution in [0, 0.1) is 0 Å². The van der Waals surface area contributed by atoms with Crippen molar-refractivity contribution in [2.45, 2.75) is 6.18 Å². The first-order chi connectivity index (χ1) is 5.82. The van der Waals surface area contributed by atoms with E-state index in [9.17, 15) is 13.2 Å². The van der Waals surface area contributed by atoms with Gasteiger partial charge in [0.25, 0.3) is 0 Å². The SMILES string of the molecule is Oc1cc(Cl)cc(C(F)(F)F)c1O. The van der Waals surface area contributed by atoms with Gasteiger partial charge in [-0.15, -0.1) is 0 Å². The van der Waals surface area contributed by atoms with Gasteiger partial charge in [-0.2, -0.15) is 13.2 Å². The van der Waals surface area contributed by atoms with E-state index in [0.717, 1.165) is 6.07 Å². The minimum absolute atomic E-state index is 0.289. The van der Waals surface area contributed by atoms with Crippen LogP contribution in [-0.2, 0) is 6.18 Å². The second-order valence-corrected chi connectivity index (χ2v) is 2.76. The molecule has 0 saturated heterocycles. The highest BCUT2D eigenvalue weighted by Crippen LogP contribution is 2.42. The van der Waals surface area contributed by atoms with Crippen molar-refractivity contribution in [3.8, 4) is 11.5 Å². The van der Waals surface area contributed by atoms with E-state index in [1.807, 2.05) is 0 Å². The summed E-state index contributed by atoms with van der Waals surface area (Å²) in [6, 6.07) is 1.36. The number of hydrogen-bond donors (Lipinski definition) is 2. The van der Waals surface area contributed by atoms with Crippen LogP contribution < -0.4 is 0 Å². The van der Waals surface area contributed by atoms with Crippen LogP contribution in [0.15, 0.2) is 12.1 Å². The molecule has 0 amide bonds. The minimum atomic E-state index is -4.73. The molecule has 0 atom stereocenters. The molecule has 0 aromatic heterocycles. The number of aromatic hydroxyl groups is 2. The first-order valence-corrected chi connectivity index (χ1v) is 3.49. The standard InChI is InChI=1S/C7H4ClF3O2/c8-3-1-4(7(9,10)11)6(13)5(12)2-3/h1-2,12-13H. The molecule has 0 unspecified atom stereocenters. The molecule has 0 radical (unpaired) electrons. The van der Waals surface area contributed by atoms with Gasteiger partial charge in [0.15, 0.2) is 11.5 Å². The monoisotopic (exact) mass is 212 g/mol. The topological polar surface area (TPSA) is 40.5 Å². The molecule has 1 aromatic rings. The second kappa shape index (κ2) is 2.99. The molecule has 0 bridgehead atoms. The molecule has 0 fully saturated rings. The lowest BCUT2D eigenvalue weighted by atomic mass is 10.2. The zero-order chi connectivity index (χ0) is 10.2. The fraction of sp³-hybridized carbons (Fsp3) is 0.143. The lowest BCUT2D eigenvalue weighted by molar-refractivity contribution is -0.138. The van der Waals surface area contributed by atoms with E-state index in [2.05, 4.69) is 0 Å². The summed E-state index contributed by atoms with van der Waals surface area (Å²) >= 11 is 5.26. The molecular weight excluding hydrogens is 209 g/mol. The summed E-state index contributed by atoms with van der Waals surface area (Å²) in [5.74, 6) is -2.10. The average molecular weight is 213 g/mol. The first kappa shape index (κ1) is 9.98. The van der Waals surface area contributed by atoms with E-state index in [1.165, 1.54) is 0 Å². The van der Waals surface area contributed by atoms with E-state index in [0.29, 0.717) is 6.07 Å². The molecule has 2 nitrogen and oxygen atoms in total. The van der Waals surface area contributed by atoms with Gasteiger partial charge in [0, 0.05) is 11.1 Å². The predicted molar refractivity (Wildman–Crippen MR) is 39.8 cm³/mol. The molecule has 13 heavy (non-hydrogen) atoms. The Balaban J connectivity index is 3.37. The van der Waals surface area contributed by atoms with Crippen LogP contribution in [0.25, 0.3) is 0 Å². The Labute approximate surface area is 76.2 Å². The van der Waals surface area contributed by atoms with Crippen LogP contribution in [0.1, 0.15) is 5.56 Å². The molecule has 0 aliphatic heterocycles. The summed E-state index contributed by atoms with van der Waals surface area (Å²) in [4.78, 5) is 0.